The summed E-state index contributed by atoms with van der Waals surface area (Å²) >= 11 is 0. The molecule has 0 aliphatic heterocycles. The van der Waals surface area contributed by atoms with Gasteiger partial charge in [-0.15, -0.1) is 0 Å². The number of nitrogens with one attached hydrogen (secondary N) is 2. The molecule has 1 heterocycles. The molecule has 1 aromatic carbocycles. The molecular formula is C21H33N5O2. The first-order valence-corrected chi connectivity index (χ1v) is 9.72. The molecule has 0 aliphatic carbocycles. The molecule has 154 valence electrons. The number of benzene rings is 1. The molecule has 0 aliphatic rings. The minimum absolute atomic E-state index is 0.167. The molecule has 0 saturated carbocycles. The maximum atomic E-state index is 12.1. The SMILES string of the molecule is Cc1cc(C)n(CC(C)CNC(=O)NCc2cccc(OCCN(C)C)c2)n1. The third-order valence-electron chi connectivity index (χ3n) is 4.36. The summed E-state index contributed by atoms with van der Waals surface area (Å²) in [6.07, 6.45) is 0. The number of aromatic nitrogens is 2. The smallest absolute Gasteiger partial charge is 0.315 e. The maximum Gasteiger partial charge on any atom is 0.315 e. The first kappa shape index (κ1) is 21.8. The first-order valence-electron chi connectivity index (χ1n) is 9.72. The van der Waals surface area contributed by atoms with E-state index in [1.165, 1.54) is 0 Å². The molecule has 1 atom stereocenters. The van der Waals surface area contributed by atoms with Gasteiger partial charge in [-0.3, -0.25) is 4.68 Å². The molecular weight excluding hydrogens is 354 g/mol. The molecule has 2 amide bonds. The number of ether oxygens (including phenoxy) is 1. The van der Waals surface area contributed by atoms with Gasteiger partial charge in [0.25, 0.3) is 0 Å². The van der Waals surface area contributed by atoms with Crippen molar-refractivity contribution in [2.75, 3.05) is 33.8 Å². The van der Waals surface area contributed by atoms with Crippen LogP contribution in [0.1, 0.15) is 23.9 Å². The second-order valence-corrected chi connectivity index (χ2v) is 7.58. The van der Waals surface area contributed by atoms with E-state index < -0.39 is 0 Å². The van der Waals surface area contributed by atoms with Crippen molar-refractivity contribution in [3.8, 4) is 5.75 Å². The van der Waals surface area contributed by atoms with Gasteiger partial charge in [-0.1, -0.05) is 19.1 Å². The molecule has 0 saturated heterocycles. The van der Waals surface area contributed by atoms with Gasteiger partial charge in [0.1, 0.15) is 12.4 Å². The minimum Gasteiger partial charge on any atom is -0.492 e. The van der Waals surface area contributed by atoms with Crippen LogP contribution in [0.2, 0.25) is 0 Å². The Kier molecular flexibility index (Phi) is 8.32. The number of urea groups is 1. The number of aryl methyl sites for hydroxylation is 2. The monoisotopic (exact) mass is 387 g/mol. The summed E-state index contributed by atoms with van der Waals surface area (Å²) in [7, 11) is 4.03. The summed E-state index contributed by atoms with van der Waals surface area (Å²) in [5, 5.41) is 10.3. The van der Waals surface area contributed by atoms with E-state index in [1.807, 2.05) is 56.9 Å². The zero-order chi connectivity index (χ0) is 20.5. The molecule has 7 nitrogen and oxygen atoms in total. The van der Waals surface area contributed by atoms with Crippen molar-refractivity contribution in [1.29, 1.82) is 0 Å². The molecule has 1 unspecified atom stereocenters. The molecule has 0 radical (unpaired) electrons. The quantitative estimate of drug-likeness (QED) is 0.657. The summed E-state index contributed by atoms with van der Waals surface area (Å²) in [4.78, 5) is 14.2. The van der Waals surface area contributed by atoms with Crippen molar-refractivity contribution in [2.24, 2.45) is 5.92 Å². The molecule has 1 aromatic heterocycles. The minimum atomic E-state index is -0.167. The summed E-state index contributed by atoms with van der Waals surface area (Å²) in [5.41, 5.74) is 3.16. The van der Waals surface area contributed by atoms with E-state index in [0.29, 0.717) is 19.7 Å². The number of rotatable bonds is 10. The van der Waals surface area contributed by atoms with Crippen LogP contribution in [-0.4, -0.2) is 54.5 Å². The first-order chi connectivity index (χ1) is 13.3. The number of likely N-dealkylation sites (N-methyl/N-ethyl adjacent to an activating group) is 1. The number of amides is 2. The Morgan fingerprint density at radius 2 is 2.04 bits per heavy atom. The fourth-order valence-corrected chi connectivity index (χ4v) is 2.82. The maximum absolute atomic E-state index is 12.1. The zero-order valence-electron chi connectivity index (χ0n) is 17.7. The predicted molar refractivity (Wildman–Crippen MR) is 112 cm³/mol. The Balaban J connectivity index is 1.71. The van der Waals surface area contributed by atoms with Crippen LogP contribution in [-0.2, 0) is 13.1 Å². The topological polar surface area (TPSA) is 71.4 Å². The van der Waals surface area contributed by atoms with Crippen LogP contribution in [0, 0.1) is 19.8 Å². The fraction of sp³-hybridized carbons (Fsp3) is 0.524. The lowest BCUT2D eigenvalue weighted by Gasteiger charge is -2.15. The van der Waals surface area contributed by atoms with Crippen LogP contribution in [0.15, 0.2) is 30.3 Å². The summed E-state index contributed by atoms with van der Waals surface area (Å²) in [5.74, 6) is 1.11. The van der Waals surface area contributed by atoms with Crippen LogP contribution in [0.25, 0.3) is 0 Å². The van der Waals surface area contributed by atoms with Crippen molar-refractivity contribution in [1.82, 2.24) is 25.3 Å². The summed E-state index contributed by atoms with van der Waals surface area (Å²) in [6, 6.07) is 9.70. The van der Waals surface area contributed by atoms with Gasteiger partial charge in [0.15, 0.2) is 0 Å². The van der Waals surface area contributed by atoms with E-state index in [-0.39, 0.29) is 11.9 Å². The number of hydrogen-bond acceptors (Lipinski definition) is 4. The van der Waals surface area contributed by atoms with Gasteiger partial charge < -0.3 is 20.3 Å². The summed E-state index contributed by atoms with van der Waals surface area (Å²) < 4.78 is 7.72. The number of carbonyl (C=O) groups excluding carboxylic acids is 1. The Labute approximate surface area is 168 Å². The van der Waals surface area contributed by atoms with Gasteiger partial charge in [0, 0.05) is 31.9 Å². The van der Waals surface area contributed by atoms with Crippen molar-refractivity contribution < 1.29 is 9.53 Å². The highest BCUT2D eigenvalue weighted by Gasteiger charge is 2.09. The van der Waals surface area contributed by atoms with Gasteiger partial charge in [-0.05, 0) is 57.6 Å². The van der Waals surface area contributed by atoms with E-state index in [1.54, 1.807) is 0 Å². The highest BCUT2D eigenvalue weighted by atomic mass is 16.5. The average molecular weight is 388 g/mol. The Bertz CT molecular complexity index is 757. The number of nitrogens with zero attached hydrogens (tertiary/aromatic N) is 3. The third-order valence-corrected chi connectivity index (χ3v) is 4.36. The number of hydrogen-bond donors (Lipinski definition) is 2. The second kappa shape index (κ2) is 10.7. The highest BCUT2D eigenvalue weighted by Crippen LogP contribution is 2.13. The Morgan fingerprint density at radius 3 is 2.71 bits per heavy atom. The molecule has 28 heavy (non-hydrogen) atoms. The molecule has 0 spiro atoms. The molecule has 2 N–H and O–H groups in total. The molecule has 0 fully saturated rings. The fourth-order valence-electron chi connectivity index (χ4n) is 2.82. The third kappa shape index (κ3) is 7.60. The van der Waals surface area contributed by atoms with E-state index in [4.69, 9.17) is 4.74 Å². The molecule has 2 aromatic rings. The van der Waals surface area contributed by atoms with E-state index in [9.17, 15) is 4.79 Å². The second-order valence-electron chi connectivity index (χ2n) is 7.58. The lowest BCUT2D eigenvalue weighted by Crippen LogP contribution is -2.38. The predicted octanol–water partition coefficient (Wildman–Crippen LogP) is 2.58. The lowest BCUT2D eigenvalue weighted by atomic mass is 10.2. The zero-order valence-corrected chi connectivity index (χ0v) is 17.7. The highest BCUT2D eigenvalue weighted by molar-refractivity contribution is 5.73. The van der Waals surface area contributed by atoms with Gasteiger partial charge in [-0.2, -0.15) is 5.10 Å². The standard InChI is InChI=1S/C21H33N5O2/c1-16(15-26-18(3)11-17(2)24-26)13-22-21(27)23-14-19-7-6-8-20(12-19)28-10-9-25(4)5/h6-8,11-12,16H,9-10,13-15H2,1-5H3,(H2,22,23,27). The van der Waals surface area contributed by atoms with Gasteiger partial charge in [0.2, 0.25) is 0 Å². The largest absolute Gasteiger partial charge is 0.492 e. The molecule has 0 bridgehead atoms. The lowest BCUT2D eigenvalue weighted by molar-refractivity contribution is 0.238. The van der Waals surface area contributed by atoms with Crippen LogP contribution < -0.4 is 15.4 Å². The van der Waals surface area contributed by atoms with Crippen LogP contribution in [0.4, 0.5) is 4.79 Å². The molecule has 2 rings (SSSR count). The van der Waals surface area contributed by atoms with Gasteiger partial charge >= 0.3 is 6.03 Å². The van der Waals surface area contributed by atoms with Crippen LogP contribution in [0.5, 0.6) is 5.75 Å². The van der Waals surface area contributed by atoms with Crippen molar-refractivity contribution >= 4 is 6.03 Å². The Morgan fingerprint density at radius 1 is 1.25 bits per heavy atom. The van der Waals surface area contributed by atoms with E-state index in [0.717, 1.165) is 35.8 Å². The van der Waals surface area contributed by atoms with Crippen molar-refractivity contribution in [2.45, 2.75) is 33.9 Å². The van der Waals surface area contributed by atoms with Crippen LogP contribution in [0.3, 0.4) is 0 Å². The summed E-state index contributed by atoms with van der Waals surface area (Å²) in [6.45, 7) is 9.48. The molecule has 7 heteroatoms. The van der Waals surface area contributed by atoms with Gasteiger partial charge in [0.05, 0.1) is 5.69 Å². The van der Waals surface area contributed by atoms with Crippen molar-refractivity contribution in [3.05, 3.63) is 47.3 Å². The average Bonchev–Trinajstić information content (AvgIpc) is 2.95. The van der Waals surface area contributed by atoms with Crippen molar-refractivity contribution in [3.63, 3.8) is 0 Å². The van der Waals surface area contributed by atoms with E-state index in [2.05, 4.69) is 33.6 Å². The Hall–Kier alpha value is -2.54. The number of carbonyl (C=O) groups is 1. The normalized spacial score (nSPS) is 12.1. The van der Waals surface area contributed by atoms with E-state index >= 15 is 0 Å². The van der Waals surface area contributed by atoms with Gasteiger partial charge in [-0.25, -0.2) is 4.79 Å². The van der Waals surface area contributed by atoms with Crippen LogP contribution >= 0.6 is 0 Å².